The average Bonchev–Trinajstić information content (AvgIpc) is 2.83. The third kappa shape index (κ3) is 7.36. The Hall–Kier alpha value is -3.27. The molecule has 0 saturated carbocycles. The second-order valence-corrected chi connectivity index (χ2v) is 15.0. The third-order valence-electron chi connectivity index (χ3n) is 6.09. The molecule has 8 nitrogen and oxygen atoms in total. The third-order valence-corrected chi connectivity index (χ3v) is 10.9. The van der Waals surface area contributed by atoms with Gasteiger partial charge in [0, 0.05) is 40.9 Å². The molecule has 0 atom stereocenters. The highest BCUT2D eigenvalue weighted by Gasteiger charge is 2.36. The van der Waals surface area contributed by atoms with Gasteiger partial charge in [0.15, 0.2) is 19.8 Å². The van der Waals surface area contributed by atoms with Crippen molar-refractivity contribution in [3.63, 3.8) is 0 Å². The van der Waals surface area contributed by atoms with Gasteiger partial charge >= 0.3 is 0 Å². The molecule has 1 heterocycles. The van der Waals surface area contributed by atoms with Crippen LogP contribution in [-0.2, 0) is 4.43 Å². The van der Waals surface area contributed by atoms with Crippen molar-refractivity contribution in [1.29, 1.82) is 0 Å². The fraction of sp³-hybridized carbons (Fsp3) is 0.308. The Labute approximate surface area is 218 Å². The minimum atomic E-state index is -1.77. The van der Waals surface area contributed by atoms with Crippen LogP contribution in [-0.4, -0.2) is 43.3 Å². The number of rotatable bonds is 9. The molecule has 0 aliphatic rings. The van der Waals surface area contributed by atoms with Crippen LogP contribution in [0, 0.1) is 0 Å². The fourth-order valence-corrected chi connectivity index (χ4v) is 4.13. The summed E-state index contributed by atoms with van der Waals surface area (Å²) >= 11 is 5.88. The van der Waals surface area contributed by atoms with E-state index in [1.165, 1.54) is 12.4 Å². The summed E-state index contributed by atoms with van der Waals surface area (Å²) < 4.78 is 6.18. The van der Waals surface area contributed by atoms with Gasteiger partial charge < -0.3 is 20.4 Å². The summed E-state index contributed by atoms with van der Waals surface area (Å²) in [4.78, 5) is 33.6. The average molecular weight is 526 g/mol. The Bertz CT molecular complexity index is 1200. The van der Waals surface area contributed by atoms with Gasteiger partial charge in [-0.05, 0) is 66.7 Å². The molecular weight excluding hydrogens is 494 g/mol. The van der Waals surface area contributed by atoms with Crippen molar-refractivity contribution >= 4 is 48.9 Å². The number of amides is 2. The first kappa shape index (κ1) is 27.3. The summed E-state index contributed by atoms with van der Waals surface area (Å²) in [6, 6.07) is 13.7. The first-order chi connectivity index (χ1) is 17.0. The number of carbonyl (C=O) groups excluding carboxylic acids is 2. The number of aromatic nitrogens is 2. The molecule has 0 aliphatic heterocycles. The predicted octanol–water partition coefficient (Wildman–Crippen LogP) is 6.07. The number of carbonyl (C=O) groups is 2. The molecule has 0 saturated heterocycles. The number of nitrogens with zero attached hydrogens (tertiary/aromatic N) is 2. The van der Waals surface area contributed by atoms with Crippen LogP contribution in [0.15, 0.2) is 60.9 Å². The van der Waals surface area contributed by atoms with E-state index in [-0.39, 0.29) is 16.6 Å². The molecule has 36 heavy (non-hydrogen) atoms. The minimum absolute atomic E-state index is 0.00444. The van der Waals surface area contributed by atoms with Crippen LogP contribution in [0.5, 0.6) is 0 Å². The lowest BCUT2D eigenvalue weighted by molar-refractivity contribution is 0.102. The predicted molar refractivity (Wildman–Crippen MR) is 147 cm³/mol. The minimum Gasteiger partial charge on any atom is -0.415 e. The van der Waals surface area contributed by atoms with E-state index in [1.54, 1.807) is 36.4 Å². The second kappa shape index (κ2) is 11.6. The van der Waals surface area contributed by atoms with E-state index < -0.39 is 20.1 Å². The molecule has 0 radical (unpaired) electrons. The molecule has 0 bridgehead atoms. The number of nitrogens with one attached hydrogen (secondary N) is 3. The van der Waals surface area contributed by atoms with Crippen LogP contribution in [0.1, 0.15) is 41.6 Å². The zero-order valence-electron chi connectivity index (χ0n) is 21.2. The molecule has 10 heteroatoms. The summed E-state index contributed by atoms with van der Waals surface area (Å²) in [6.07, 6.45) is 2.80. The lowest BCUT2D eigenvalue weighted by Crippen LogP contribution is -2.41. The number of hydrogen-bond acceptors (Lipinski definition) is 6. The van der Waals surface area contributed by atoms with Crippen LogP contribution in [0.3, 0.4) is 0 Å². The van der Waals surface area contributed by atoms with E-state index >= 15 is 0 Å². The molecular formula is C26H32ClN5O3Si. The Morgan fingerprint density at radius 2 is 1.50 bits per heavy atom. The van der Waals surface area contributed by atoms with Crippen LogP contribution in [0.4, 0.5) is 17.2 Å². The van der Waals surface area contributed by atoms with Crippen molar-refractivity contribution in [3.8, 4) is 0 Å². The van der Waals surface area contributed by atoms with Crippen LogP contribution >= 0.6 is 11.6 Å². The summed E-state index contributed by atoms with van der Waals surface area (Å²) in [5.41, 5.74) is 1.89. The molecule has 0 aliphatic carbocycles. The van der Waals surface area contributed by atoms with Crippen molar-refractivity contribution in [1.82, 2.24) is 9.97 Å². The van der Waals surface area contributed by atoms with E-state index in [9.17, 15) is 9.59 Å². The Balaban J connectivity index is 1.56. The first-order valence-electron chi connectivity index (χ1n) is 11.6. The summed E-state index contributed by atoms with van der Waals surface area (Å²) in [5, 5.41) is 9.46. The van der Waals surface area contributed by atoms with Gasteiger partial charge in [0.25, 0.3) is 11.8 Å². The summed E-state index contributed by atoms with van der Waals surface area (Å²) in [5.74, 6) is -0.845. The Kier molecular flexibility index (Phi) is 8.83. The van der Waals surface area contributed by atoms with Gasteiger partial charge in [-0.2, -0.15) is 0 Å². The van der Waals surface area contributed by atoms with Crippen molar-refractivity contribution in [2.24, 2.45) is 0 Å². The lowest BCUT2D eigenvalue weighted by atomic mass is 10.2. The molecule has 2 aromatic carbocycles. The van der Waals surface area contributed by atoms with Gasteiger partial charge in [-0.1, -0.05) is 32.4 Å². The smallest absolute Gasteiger partial charge is 0.278 e. The van der Waals surface area contributed by atoms with Crippen molar-refractivity contribution < 1.29 is 14.0 Å². The van der Waals surface area contributed by atoms with Crippen molar-refractivity contribution in [2.75, 3.05) is 29.1 Å². The molecule has 0 fully saturated rings. The number of hydrogen-bond donors (Lipinski definition) is 3. The molecule has 3 N–H and O–H groups in total. The monoisotopic (exact) mass is 525 g/mol. The van der Waals surface area contributed by atoms with E-state index in [0.29, 0.717) is 29.4 Å². The highest BCUT2D eigenvalue weighted by Crippen LogP contribution is 2.36. The maximum atomic E-state index is 12.9. The maximum Gasteiger partial charge on any atom is 0.278 e. The molecule has 2 amide bonds. The zero-order valence-corrected chi connectivity index (χ0v) is 22.9. The highest BCUT2D eigenvalue weighted by atomic mass is 35.5. The Morgan fingerprint density at radius 3 is 2.14 bits per heavy atom. The molecule has 190 valence electrons. The van der Waals surface area contributed by atoms with Gasteiger partial charge in [-0.25, -0.2) is 9.97 Å². The molecule has 3 aromatic rings. The molecule has 0 unspecified atom stereocenters. The summed E-state index contributed by atoms with van der Waals surface area (Å²) in [6.45, 7) is 12.4. The van der Waals surface area contributed by atoms with Crippen LogP contribution in [0.25, 0.3) is 0 Å². The Morgan fingerprint density at radius 1 is 0.889 bits per heavy atom. The number of halogens is 1. The van der Waals surface area contributed by atoms with E-state index in [1.807, 2.05) is 12.1 Å². The van der Waals surface area contributed by atoms with Crippen LogP contribution < -0.4 is 16.0 Å². The van der Waals surface area contributed by atoms with Crippen LogP contribution in [0.2, 0.25) is 23.2 Å². The quantitative estimate of drug-likeness (QED) is 0.231. The number of benzene rings is 2. The molecule has 1 aromatic heterocycles. The van der Waals surface area contributed by atoms with E-state index in [2.05, 4.69) is 59.8 Å². The first-order valence-corrected chi connectivity index (χ1v) is 14.9. The van der Waals surface area contributed by atoms with Gasteiger partial charge in [-0.3, -0.25) is 9.59 Å². The molecule has 0 spiro atoms. The summed E-state index contributed by atoms with van der Waals surface area (Å²) in [7, 11) is -1.77. The SMILES string of the molecule is CC(C)(C)[Si](C)(C)OCCNc1ccc(NC(=O)c2nccnc2NC(=O)c2ccc(Cl)cc2)cc1. The van der Waals surface area contributed by atoms with E-state index in [4.69, 9.17) is 16.0 Å². The highest BCUT2D eigenvalue weighted by molar-refractivity contribution is 6.74. The second-order valence-electron chi connectivity index (χ2n) is 9.78. The maximum absolute atomic E-state index is 12.9. The van der Waals surface area contributed by atoms with Gasteiger partial charge in [-0.15, -0.1) is 0 Å². The van der Waals surface area contributed by atoms with Gasteiger partial charge in [0.05, 0.1) is 6.61 Å². The molecule has 3 rings (SSSR count). The fourth-order valence-electron chi connectivity index (χ4n) is 2.96. The van der Waals surface area contributed by atoms with E-state index in [0.717, 1.165) is 5.69 Å². The normalized spacial score (nSPS) is 11.6. The van der Waals surface area contributed by atoms with Crippen molar-refractivity contribution in [3.05, 3.63) is 77.2 Å². The lowest BCUT2D eigenvalue weighted by Gasteiger charge is -2.36. The largest absolute Gasteiger partial charge is 0.415 e. The number of anilines is 3. The van der Waals surface area contributed by atoms with Gasteiger partial charge in [0.1, 0.15) is 0 Å². The van der Waals surface area contributed by atoms with Gasteiger partial charge in [0.2, 0.25) is 0 Å². The topological polar surface area (TPSA) is 105 Å². The van der Waals surface area contributed by atoms with Crippen molar-refractivity contribution in [2.45, 2.75) is 38.9 Å². The zero-order chi connectivity index (χ0) is 26.3. The standard InChI is InChI=1S/C26H32ClN5O3Si/c1-26(2,3)36(4,5)35-17-16-28-20-10-12-21(13-11-20)31-25(34)22-23(30-15-14-29-22)32-24(33)18-6-8-19(27)9-7-18/h6-15,28H,16-17H2,1-5H3,(H,31,34)(H,30,32,33).